The number of aromatic amines is 1. The molecule has 1 atom stereocenters. The second-order valence-electron chi connectivity index (χ2n) is 7.20. The Morgan fingerprint density at radius 2 is 2.00 bits per heavy atom. The molecule has 0 bridgehead atoms. The summed E-state index contributed by atoms with van der Waals surface area (Å²) in [6.07, 6.45) is 3.83. The minimum absolute atomic E-state index is 0. The van der Waals surface area contributed by atoms with Crippen molar-refractivity contribution in [2.75, 3.05) is 19.4 Å². The average molecular weight is 427 g/mol. The van der Waals surface area contributed by atoms with Crippen molar-refractivity contribution >= 4 is 41.5 Å². The molecule has 28 heavy (non-hydrogen) atoms. The van der Waals surface area contributed by atoms with Crippen molar-refractivity contribution in [3.05, 3.63) is 53.9 Å². The summed E-state index contributed by atoms with van der Waals surface area (Å²) in [7, 11) is 1.67. The number of nitrogens with two attached hydrogens (primary N) is 1. The van der Waals surface area contributed by atoms with Crippen LogP contribution in [0.15, 0.2) is 42.7 Å². The molecule has 0 amide bonds. The maximum absolute atomic E-state index is 10.4. The van der Waals surface area contributed by atoms with Crippen LogP contribution in [0.5, 0.6) is 5.75 Å². The van der Waals surface area contributed by atoms with Crippen molar-refractivity contribution in [1.82, 2.24) is 15.3 Å². The number of halogens is 2. The molecular formula is C20H28Cl2N4O2. The molecular weight excluding hydrogens is 399 g/mol. The van der Waals surface area contributed by atoms with E-state index in [2.05, 4.69) is 29.1 Å². The van der Waals surface area contributed by atoms with Crippen LogP contribution in [0.25, 0.3) is 10.9 Å². The second kappa shape index (κ2) is 9.98. The number of pyridine rings is 1. The van der Waals surface area contributed by atoms with E-state index in [0.29, 0.717) is 12.4 Å². The molecule has 0 aliphatic heterocycles. The van der Waals surface area contributed by atoms with Crippen molar-refractivity contribution < 1.29 is 9.84 Å². The zero-order valence-electron chi connectivity index (χ0n) is 16.2. The fourth-order valence-electron chi connectivity index (χ4n) is 3.07. The van der Waals surface area contributed by atoms with Crippen LogP contribution in [0.3, 0.4) is 0 Å². The molecule has 8 heteroatoms. The van der Waals surface area contributed by atoms with Crippen LogP contribution in [-0.4, -0.2) is 34.3 Å². The van der Waals surface area contributed by atoms with Crippen LogP contribution in [-0.2, 0) is 6.42 Å². The highest BCUT2D eigenvalue weighted by atomic mass is 35.5. The molecule has 3 aromatic rings. The van der Waals surface area contributed by atoms with Gasteiger partial charge in [0.05, 0.1) is 13.2 Å². The molecule has 0 radical (unpaired) electrons. The van der Waals surface area contributed by atoms with Crippen molar-refractivity contribution in [2.24, 2.45) is 0 Å². The summed E-state index contributed by atoms with van der Waals surface area (Å²) in [6, 6.07) is 9.52. The van der Waals surface area contributed by atoms with Crippen LogP contribution in [0.1, 0.15) is 31.1 Å². The van der Waals surface area contributed by atoms with Crippen LogP contribution in [0.4, 0.5) is 5.82 Å². The number of methoxy groups -OCH3 is 1. The van der Waals surface area contributed by atoms with Gasteiger partial charge < -0.3 is 25.9 Å². The zero-order chi connectivity index (χ0) is 18.7. The molecule has 0 saturated carbocycles. The Morgan fingerprint density at radius 1 is 1.25 bits per heavy atom. The molecule has 0 fully saturated rings. The first-order valence-corrected chi connectivity index (χ1v) is 8.66. The number of hydrogen-bond acceptors (Lipinski definition) is 5. The van der Waals surface area contributed by atoms with Gasteiger partial charge in [-0.05, 0) is 50.1 Å². The van der Waals surface area contributed by atoms with Crippen LogP contribution in [0.2, 0.25) is 0 Å². The number of nitrogens with zero attached hydrogens (tertiary/aromatic N) is 1. The summed E-state index contributed by atoms with van der Waals surface area (Å²) in [4.78, 5) is 7.34. The summed E-state index contributed by atoms with van der Waals surface area (Å²) in [5, 5.41) is 15.0. The number of aliphatic hydroxyl groups excluding tert-OH is 1. The molecule has 0 aliphatic rings. The predicted molar refractivity (Wildman–Crippen MR) is 119 cm³/mol. The van der Waals surface area contributed by atoms with E-state index in [1.807, 2.05) is 24.4 Å². The SMILES string of the molecule is COc1ccc2[nH]cc(CC(C)(C)NCC(O)c3ccc(N)nc3)c2c1.Cl.Cl. The Morgan fingerprint density at radius 3 is 2.64 bits per heavy atom. The highest BCUT2D eigenvalue weighted by Crippen LogP contribution is 2.26. The van der Waals surface area contributed by atoms with Crippen molar-refractivity contribution in [1.29, 1.82) is 0 Å². The van der Waals surface area contributed by atoms with E-state index in [0.717, 1.165) is 28.6 Å². The van der Waals surface area contributed by atoms with Gasteiger partial charge in [-0.1, -0.05) is 6.07 Å². The lowest BCUT2D eigenvalue weighted by atomic mass is 9.94. The first-order chi connectivity index (χ1) is 12.4. The number of H-pyrrole nitrogens is 1. The Hall–Kier alpha value is -1.99. The molecule has 1 unspecified atom stereocenters. The normalized spacial score (nSPS) is 12.1. The highest BCUT2D eigenvalue weighted by Gasteiger charge is 2.21. The standard InChI is InChI=1S/C20H26N4O2.2ClH/c1-20(2,24-12-18(25)13-4-7-19(21)23-10-13)9-14-11-22-17-6-5-15(26-3)8-16(14)17;;/h4-8,10-11,18,22,24-25H,9,12H2,1-3H3,(H2,21,23);2*1H. The van der Waals surface area contributed by atoms with E-state index in [9.17, 15) is 5.11 Å². The Labute approximate surface area is 177 Å². The monoisotopic (exact) mass is 426 g/mol. The molecule has 154 valence electrons. The first kappa shape index (κ1) is 24.0. The Bertz CT molecular complexity index is 882. The van der Waals surface area contributed by atoms with Gasteiger partial charge in [-0.3, -0.25) is 0 Å². The first-order valence-electron chi connectivity index (χ1n) is 8.66. The van der Waals surface area contributed by atoms with E-state index in [-0.39, 0.29) is 30.4 Å². The summed E-state index contributed by atoms with van der Waals surface area (Å²) in [5.41, 5.74) is 8.44. The number of anilines is 1. The van der Waals surface area contributed by atoms with Crippen LogP contribution >= 0.6 is 24.8 Å². The number of ether oxygens (including phenoxy) is 1. The van der Waals surface area contributed by atoms with Crippen LogP contribution in [0, 0.1) is 0 Å². The van der Waals surface area contributed by atoms with Crippen molar-refractivity contribution in [3.63, 3.8) is 0 Å². The minimum atomic E-state index is -0.634. The number of β-amino-alcohol motifs (C(OH)–C–C–N with tert-alkyl or cyclic N) is 1. The Kier molecular flexibility index (Phi) is 8.57. The fourth-order valence-corrected chi connectivity index (χ4v) is 3.07. The third kappa shape index (κ3) is 5.75. The zero-order valence-corrected chi connectivity index (χ0v) is 17.9. The fraction of sp³-hybridized carbons (Fsp3) is 0.350. The molecule has 5 N–H and O–H groups in total. The average Bonchev–Trinajstić information content (AvgIpc) is 3.01. The number of aromatic nitrogens is 2. The molecule has 0 aliphatic carbocycles. The maximum Gasteiger partial charge on any atom is 0.123 e. The molecule has 3 rings (SSSR count). The van der Waals surface area contributed by atoms with Crippen LogP contribution < -0.4 is 15.8 Å². The summed E-state index contributed by atoms with van der Waals surface area (Å²) < 4.78 is 5.34. The molecule has 2 heterocycles. The number of nitrogen functional groups attached to an aromatic ring is 1. The van der Waals surface area contributed by atoms with Gasteiger partial charge in [-0.25, -0.2) is 4.98 Å². The van der Waals surface area contributed by atoms with E-state index < -0.39 is 6.10 Å². The maximum atomic E-state index is 10.4. The number of nitrogens with one attached hydrogen (secondary N) is 2. The largest absolute Gasteiger partial charge is 0.497 e. The van der Waals surface area contributed by atoms with E-state index >= 15 is 0 Å². The van der Waals surface area contributed by atoms with Gasteiger partial charge in [0, 0.05) is 40.9 Å². The smallest absolute Gasteiger partial charge is 0.123 e. The number of fused-ring (bicyclic) bond motifs is 1. The lowest BCUT2D eigenvalue weighted by Crippen LogP contribution is -2.43. The molecule has 2 aromatic heterocycles. The van der Waals surface area contributed by atoms with Gasteiger partial charge in [0.25, 0.3) is 0 Å². The molecule has 6 nitrogen and oxygen atoms in total. The Balaban J connectivity index is 0.00000196. The topological polar surface area (TPSA) is 96.2 Å². The second-order valence-corrected chi connectivity index (χ2v) is 7.20. The molecule has 0 saturated heterocycles. The summed E-state index contributed by atoms with van der Waals surface area (Å²) in [6.45, 7) is 4.68. The van der Waals surface area contributed by atoms with E-state index in [1.54, 1.807) is 25.4 Å². The van der Waals surface area contributed by atoms with Gasteiger partial charge in [0.1, 0.15) is 11.6 Å². The number of aliphatic hydroxyl groups is 1. The van der Waals surface area contributed by atoms with Gasteiger partial charge in [-0.2, -0.15) is 0 Å². The van der Waals surface area contributed by atoms with Gasteiger partial charge >= 0.3 is 0 Å². The number of rotatable bonds is 7. The minimum Gasteiger partial charge on any atom is -0.497 e. The third-order valence-electron chi connectivity index (χ3n) is 4.57. The summed E-state index contributed by atoms with van der Waals surface area (Å²) in [5.74, 6) is 1.29. The lowest BCUT2D eigenvalue weighted by molar-refractivity contribution is 0.160. The van der Waals surface area contributed by atoms with E-state index in [4.69, 9.17) is 10.5 Å². The highest BCUT2D eigenvalue weighted by molar-refractivity contribution is 5.86. The molecule has 0 spiro atoms. The predicted octanol–water partition coefficient (Wildman–Crippen LogP) is 3.64. The van der Waals surface area contributed by atoms with Gasteiger partial charge in [-0.15, -0.1) is 24.8 Å². The van der Waals surface area contributed by atoms with Gasteiger partial charge in [0.2, 0.25) is 0 Å². The van der Waals surface area contributed by atoms with Crippen molar-refractivity contribution in [3.8, 4) is 5.75 Å². The van der Waals surface area contributed by atoms with Gasteiger partial charge in [0.15, 0.2) is 0 Å². The molecule has 1 aromatic carbocycles. The number of hydrogen-bond donors (Lipinski definition) is 4. The lowest BCUT2D eigenvalue weighted by Gasteiger charge is -2.28. The van der Waals surface area contributed by atoms with Crippen molar-refractivity contribution in [2.45, 2.75) is 31.9 Å². The summed E-state index contributed by atoms with van der Waals surface area (Å²) >= 11 is 0. The number of benzene rings is 1. The van der Waals surface area contributed by atoms with E-state index in [1.165, 1.54) is 5.56 Å². The third-order valence-corrected chi connectivity index (χ3v) is 4.57. The quantitative estimate of drug-likeness (QED) is 0.462.